The van der Waals surface area contributed by atoms with Crippen molar-refractivity contribution in [3.63, 3.8) is 0 Å². The average molecular weight is 282 g/mol. The van der Waals surface area contributed by atoms with Crippen molar-refractivity contribution in [3.8, 4) is 0 Å². The molecule has 0 aliphatic carbocycles. The zero-order valence-corrected chi connectivity index (χ0v) is 10.0. The Balaban J connectivity index is 2.59. The Hall–Kier alpha value is -1.35. The predicted octanol–water partition coefficient (Wildman–Crippen LogP) is 0.922. The summed E-state index contributed by atoms with van der Waals surface area (Å²) in [5, 5.41) is 0. The molecular weight excluding hydrogens is 273 g/mol. The summed E-state index contributed by atoms with van der Waals surface area (Å²) in [4.78, 5) is 11.6. The minimum Gasteiger partial charge on any atom is -0.320 e. The van der Waals surface area contributed by atoms with Gasteiger partial charge in [-0.05, 0) is 12.1 Å². The van der Waals surface area contributed by atoms with Crippen LogP contribution in [0.2, 0.25) is 0 Å². The second-order valence-electron chi connectivity index (χ2n) is 3.95. The van der Waals surface area contributed by atoms with E-state index >= 15 is 0 Å². The van der Waals surface area contributed by atoms with Gasteiger partial charge in [-0.2, -0.15) is 17.5 Å². The third-order valence-electron chi connectivity index (χ3n) is 2.69. The molecule has 0 aromatic carbocycles. The van der Waals surface area contributed by atoms with Crippen molar-refractivity contribution in [2.75, 3.05) is 12.8 Å². The van der Waals surface area contributed by atoms with E-state index in [0.717, 1.165) is 23.5 Å². The normalized spacial score (nSPS) is 20.6. The molecule has 0 radical (unpaired) electrons. The van der Waals surface area contributed by atoms with Crippen LogP contribution < -0.4 is 0 Å². The van der Waals surface area contributed by atoms with Crippen molar-refractivity contribution in [3.05, 3.63) is 23.5 Å². The first-order valence-corrected chi connectivity index (χ1v) is 6.48. The van der Waals surface area contributed by atoms with Crippen LogP contribution >= 0.6 is 0 Å². The summed E-state index contributed by atoms with van der Waals surface area (Å²) in [5.74, 6) is -1.65. The van der Waals surface area contributed by atoms with Crippen LogP contribution in [0.1, 0.15) is 16.2 Å². The number of Topliss-reactive ketones (excluding diaryl/α,β-unsaturated/α-hetero) is 1. The van der Waals surface area contributed by atoms with Gasteiger partial charge in [0.2, 0.25) is 10.0 Å². The molecule has 0 saturated heterocycles. The van der Waals surface area contributed by atoms with Gasteiger partial charge in [0.05, 0.1) is 12.4 Å². The highest BCUT2D eigenvalue weighted by Gasteiger charge is 2.39. The summed E-state index contributed by atoms with van der Waals surface area (Å²) in [6.45, 7) is -0.523. The molecule has 0 unspecified atom stereocenters. The third kappa shape index (κ3) is 2.03. The van der Waals surface area contributed by atoms with Crippen LogP contribution in [-0.2, 0) is 22.9 Å². The largest absolute Gasteiger partial charge is 0.431 e. The minimum absolute atomic E-state index is 0.241. The minimum atomic E-state index is -4.63. The molecule has 18 heavy (non-hydrogen) atoms. The van der Waals surface area contributed by atoms with E-state index in [9.17, 15) is 26.4 Å². The van der Waals surface area contributed by atoms with Crippen molar-refractivity contribution in [2.45, 2.75) is 12.8 Å². The van der Waals surface area contributed by atoms with E-state index in [-0.39, 0.29) is 5.69 Å². The van der Waals surface area contributed by atoms with Gasteiger partial charge >= 0.3 is 6.18 Å². The Bertz CT molecular complexity index is 603. The maximum atomic E-state index is 12.7. The maximum absolute atomic E-state index is 12.7. The Morgan fingerprint density at radius 1 is 1.28 bits per heavy atom. The molecule has 2 heterocycles. The predicted molar refractivity (Wildman–Crippen MR) is 55.3 cm³/mol. The Labute approximate surface area is 101 Å². The van der Waals surface area contributed by atoms with Gasteiger partial charge < -0.3 is 4.57 Å². The van der Waals surface area contributed by atoms with Crippen molar-refractivity contribution >= 4 is 15.8 Å². The number of carbonyl (C=O) groups is 1. The number of aromatic nitrogens is 1. The molecule has 1 aromatic heterocycles. The summed E-state index contributed by atoms with van der Waals surface area (Å²) in [7, 11) is -2.71. The van der Waals surface area contributed by atoms with Crippen LogP contribution in [0.3, 0.4) is 0 Å². The standard InChI is InChI=1S/C9H9F3N2O3S/c1-13-5-14-6(7(15)4-18(13,16)17)2-3-8(14)9(10,11)12/h2-3H,4-5H2,1H3. The Morgan fingerprint density at radius 3 is 2.44 bits per heavy atom. The van der Waals surface area contributed by atoms with Gasteiger partial charge in [-0.3, -0.25) is 4.79 Å². The monoisotopic (exact) mass is 282 g/mol. The van der Waals surface area contributed by atoms with E-state index in [0.29, 0.717) is 4.57 Å². The van der Waals surface area contributed by atoms with Gasteiger partial charge in [-0.1, -0.05) is 0 Å². The van der Waals surface area contributed by atoms with Crippen LogP contribution in [0.5, 0.6) is 0 Å². The van der Waals surface area contributed by atoms with Crippen LogP contribution in [-0.4, -0.2) is 35.9 Å². The van der Waals surface area contributed by atoms with Crippen molar-refractivity contribution in [2.24, 2.45) is 0 Å². The van der Waals surface area contributed by atoms with E-state index < -0.39 is 40.1 Å². The molecule has 1 aliphatic heterocycles. The molecule has 5 nitrogen and oxygen atoms in total. The number of ketones is 1. The van der Waals surface area contributed by atoms with E-state index in [2.05, 4.69) is 0 Å². The van der Waals surface area contributed by atoms with Crippen LogP contribution in [0, 0.1) is 0 Å². The highest BCUT2D eigenvalue weighted by atomic mass is 32.2. The van der Waals surface area contributed by atoms with Gasteiger partial charge in [0.15, 0.2) is 5.78 Å². The molecule has 0 amide bonds. The number of alkyl halides is 3. The lowest BCUT2D eigenvalue weighted by Gasteiger charge is -2.17. The van der Waals surface area contributed by atoms with Crippen molar-refractivity contribution in [1.82, 2.24) is 8.87 Å². The number of nitrogens with zero attached hydrogens (tertiary/aromatic N) is 2. The van der Waals surface area contributed by atoms with Crippen molar-refractivity contribution in [1.29, 1.82) is 0 Å². The molecule has 2 rings (SSSR count). The highest BCUT2D eigenvalue weighted by molar-refractivity contribution is 7.89. The zero-order valence-electron chi connectivity index (χ0n) is 9.23. The van der Waals surface area contributed by atoms with Gasteiger partial charge in [0.1, 0.15) is 11.4 Å². The molecule has 0 bridgehead atoms. The second kappa shape index (κ2) is 3.82. The van der Waals surface area contributed by atoms with Gasteiger partial charge in [0, 0.05) is 7.05 Å². The molecule has 100 valence electrons. The third-order valence-corrected chi connectivity index (χ3v) is 4.38. The Morgan fingerprint density at radius 2 is 1.89 bits per heavy atom. The SMILES string of the molecule is CN1Cn2c(ccc2C(F)(F)F)C(=O)CS1(=O)=O. The van der Waals surface area contributed by atoms with Crippen LogP contribution in [0.4, 0.5) is 13.2 Å². The average Bonchev–Trinajstić information content (AvgIpc) is 2.56. The van der Waals surface area contributed by atoms with Gasteiger partial charge in [0.25, 0.3) is 0 Å². The number of sulfonamides is 1. The quantitative estimate of drug-likeness (QED) is 0.711. The summed E-state index contributed by atoms with van der Waals surface area (Å²) in [5.41, 5.74) is -1.27. The molecule has 1 aliphatic rings. The summed E-state index contributed by atoms with van der Waals surface area (Å²) in [6.07, 6.45) is -4.63. The molecule has 0 spiro atoms. The first-order chi connectivity index (χ1) is 8.13. The first kappa shape index (κ1) is 13.1. The van der Waals surface area contributed by atoms with Gasteiger partial charge in [-0.15, -0.1) is 0 Å². The van der Waals surface area contributed by atoms with Crippen molar-refractivity contribution < 1.29 is 26.4 Å². The van der Waals surface area contributed by atoms with E-state index in [1.54, 1.807) is 0 Å². The van der Waals surface area contributed by atoms with Crippen LogP contribution in [0.15, 0.2) is 12.1 Å². The molecule has 0 N–H and O–H groups in total. The fourth-order valence-electron chi connectivity index (χ4n) is 1.75. The fourth-order valence-corrected chi connectivity index (χ4v) is 2.74. The lowest BCUT2D eigenvalue weighted by Crippen LogP contribution is -2.30. The zero-order chi connectivity index (χ0) is 13.7. The number of carbonyl (C=O) groups excluding carboxylic acids is 1. The molecule has 1 aromatic rings. The molecule has 9 heteroatoms. The second-order valence-corrected chi connectivity index (χ2v) is 6.02. The lowest BCUT2D eigenvalue weighted by molar-refractivity contribution is -0.144. The smallest absolute Gasteiger partial charge is 0.320 e. The number of halogens is 3. The summed E-state index contributed by atoms with van der Waals surface area (Å²) < 4.78 is 62.6. The molecule has 0 fully saturated rings. The van der Waals surface area contributed by atoms with Crippen LogP contribution in [0.25, 0.3) is 0 Å². The highest BCUT2D eigenvalue weighted by Crippen LogP contribution is 2.32. The fraction of sp³-hybridized carbons (Fsp3) is 0.444. The van der Waals surface area contributed by atoms with E-state index in [1.807, 2.05) is 0 Å². The number of fused-ring (bicyclic) bond motifs is 1. The molecule has 0 saturated carbocycles. The van der Waals surface area contributed by atoms with E-state index in [1.165, 1.54) is 0 Å². The summed E-state index contributed by atoms with van der Waals surface area (Å²) >= 11 is 0. The lowest BCUT2D eigenvalue weighted by atomic mass is 10.3. The topological polar surface area (TPSA) is 59.4 Å². The van der Waals surface area contributed by atoms with Gasteiger partial charge in [-0.25, -0.2) is 8.42 Å². The number of hydrogen-bond donors (Lipinski definition) is 0. The Kier molecular flexibility index (Phi) is 2.78. The first-order valence-electron chi connectivity index (χ1n) is 4.87. The summed E-state index contributed by atoms with van der Waals surface area (Å²) in [6, 6.07) is 1.78. The maximum Gasteiger partial charge on any atom is 0.431 e. The van der Waals surface area contributed by atoms with E-state index in [4.69, 9.17) is 0 Å². The number of hydrogen-bond acceptors (Lipinski definition) is 3. The molecule has 0 atom stereocenters. The number of rotatable bonds is 0. The molecular formula is C9H9F3N2O3S.